The van der Waals surface area contributed by atoms with Gasteiger partial charge in [-0.2, -0.15) is 4.98 Å². The summed E-state index contributed by atoms with van der Waals surface area (Å²) in [6, 6.07) is 3.32. The van der Waals surface area contributed by atoms with Gasteiger partial charge < -0.3 is 29.7 Å². The van der Waals surface area contributed by atoms with Crippen molar-refractivity contribution in [2.75, 3.05) is 44.6 Å². The first-order chi connectivity index (χ1) is 18.2. The summed E-state index contributed by atoms with van der Waals surface area (Å²) in [5.41, 5.74) is 0.429. The second kappa shape index (κ2) is 11.7. The second-order valence-electron chi connectivity index (χ2n) is 9.21. The van der Waals surface area contributed by atoms with Crippen LogP contribution >= 0.6 is 11.3 Å². The molecule has 3 aromatic rings. The number of carbonyl (C=O) groups is 2. The first-order valence-corrected chi connectivity index (χ1v) is 13.1. The van der Waals surface area contributed by atoms with E-state index in [0.29, 0.717) is 64.3 Å². The number of methoxy groups -OCH3 is 3. The summed E-state index contributed by atoms with van der Waals surface area (Å²) in [5, 5.41) is 6.41. The summed E-state index contributed by atoms with van der Waals surface area (Å²) in [5.74, 6) is 0.825. The van der Waals surface area contributed by atoms with Crippen LogP contribution in [0, 0.1) is 5.92 Å². The molecule has 204 valence electrons. The highest BCUT2D eigenvalue weighted by Crippen LogP contribution is 2.40. The third kappa shape index (κ3) is 5.82. The summed E-state index contributed by atoms with van der Waals surface area (Å²) in [4.78, 5) is 49.1. The van der Waals surface area contributed by atoms with E-state index in [1.807, 2.05) is 13.8 Å². The molecule has 12 nitrogen and oxygen atoms in total. The van der Waals surface area contributed by atoms with Crippen molar-refractivity contribution >= 4 is 44.3 Å². The van der Waals surface area contributed by atoms with Gasteiger partial charge in [0.05, 0.1) is 21.3 Å². The van der Waals surface area contributed by atoms with Crippen molar-refractivity contribution in [2.45, 2.75) is 39.3 Å². The fourth-order valence-corrected chi connectivity index (χ4v) is 5.35. The van der Waals surface area contributed by atoms with Gasteiger partial charge >= 0.3 is 0 Å². The number of thiazole rings is 1. The lowest BCUT2D eigenvalue weighted by Crippen LogP contribution is -2.42. The Morgan fingerprint density at radius 3 is 2.34 bits per heavy atom. The SMILES string of the molecule is COc1cc(NC(=O)Cn2cnc3nc(N4CCC(C(=O)NC(C)C)CC4)sc3c2=O)cc(OC)c1OC. The predicted molar refractivity (Wildman–Crippen MR) is 145 cm³/mol. The van der Waals surface area contributed by atoms with Gasteiger partial charge in [-0.3, -0.25) is 19.0 Å². The van der Waals surface area contributed by atoms with Crippen LogP contribution in [0.2, 0.25) is 0 Å². The number of nitrogens with zero attached hydrogens (tertiary/aromatic N) is 4. The van der Waals surface area contributed by atoms with E-state index in [2.05, 4.69) is 25.5 Å². The number of anilines is 2. The number of ether oxygens (including phenoxy) is 3. The van der Waals surface area contributed by atoms with Crippen LogP contribution in [0.3, 0.4) is 0 Å². The largest absolute Gasteiger partial charge is 0.493 e. The van der Waals surface area contributed by atoms with Crippen LogP contribution in [0.4, 0.5) is 10.8 Å². The molecule has 13 heteroatoms. The maximum absolute atomic E-state index is 13.1. The molecule has 1 aliphatic rings. The zero-order valence-electron chi connectivity index (χ0n) is 22.1. The minimum atomic E-state index is -0.422. The summed E-state index contributed by atoms with van der Waals surface area (Å²) in [6.07, 6.45) is 2.76. The fourth-order valence-electron chi connectivity index (χ4n) is 4.33. The van der Waals surface area contributed by atoms with Crippen LogP contribution < -0.4 is 35.3 Å². The lowest BCUT2D eigenvalue weighted by Gasteiger charge is -2.31. The maximum Gasteiger partial charge on any atom is 0.273 e. The van der Waals surface area contributed by atoms with Crippen LogP contribution in [-0.2, 0) is 16.1 Å². The highest BCUT2D eigenvalue weighted by molar-refractivity contribution is 7.22. The van der Waals surface area contributed by atoms with Gasteiger partial charge in [0, 0.05) is 42.9 Å². The molecule has 0 spiro atoms. The van der Waals surface area contributed by atoms with Crippen molar-refractivity contribution in [1.82, 2.24) is 19.9 Å². The van der Waals surface area contributed by atoms with Gasteiger partial charge in [-0.25, -0.2) is 4.98 Å². The molecule has 0 radical (unpaired) electrons. The van der Waals surface area contributed by atoms with Crippen molar-refractivity contribution in [3.05, 3.63) is 28.8 Å². The number of benzene rings is 1. The van der Waals surface area contributed by atoms with Crippen LogP contribution in [0.25, 0.3) is 10.3 Å². The number of nitrogens with one attached hydrogen (secondary N) is 2. The van der Waals surface area contributed by atoms with Crippen LogP contribution in [0.15, 0.2) is 23.3 Å². The highest BCUT2D eigenvalue weighted by Gasteiger charge is 2.27. The first-order valence-electron chi connectivity index (χ1n) is 12.2. The van der Waals surface area contributed by atoms with E-state index >= 15 is 0 Å². The number of hydrogen-bond donors (Lipinski definition) is 2. The summed E-state index contributed by atoms with van der Waals surface area (Å²) < 4.78 is 17.6. The van der Waals surface area contributed by atoms with Crippen molar-refractivity contribution in [2.24, 2.45) is 5.92 Å². The Balaban J connectivity index is 1.45. The van der Waals surface area contributed by atoms with Crippen molar-refractivity contribution in [3.8, 4) is 17.2 Å². The minimum Gasteiger partial charge on any atom is -0.493 e. The van der Waals surface area contributed by atoms with E-state index in [4.69, 9.17) is 14.2 Å². The molecular formula is C25H32N6O6S. The quantitative estimate of drug-likeness (QED) is 0.416. The number of amides is 2. The van der Waals surface area contributed by atoms with Gasteiger partial charge in [0.2, 0.25) is 17.6 Å². The van der Waals surface area contributed by atoms with Gasteiger partial charge in [0.1, 0.15) is 17.6 Å². The standard InChI is InChI=1S/C25H32N6O6S/c1-14(2)27-23(33)15-6-8-30(9-7-15)25-29-22-21(38-25)24(34)31(13-26-22)12-19(32)28-16-10-17(35-3)20(37-5)18(11-16)36-4/h10-11,13-15H,6-9,12H2,1-5H3,(H,27,33)(H,28,32). The van der Waals surface area contributed by atoms with E-state index in [9.17, 15) is 14.4 Å². The van der Waals surface area contributed by atoms with E-state index in [-0.39, 0.29) is 30.0 Å². The highest BCUT2D eigenvalue weighted by atomic mass is 32.1. The molecule has 1 aromatic carbocycles. The molecule has 0 bridgehead atoms. The van der Waals surface area contributed by atoms with Gasteiger partial charge in [-0.05, 0) is 26.7 Å². The third-order valence-electron chi connectivity index (χ3n) is 6.20. The number of piperidine rings is 1. The van der Waals surface area contributed by atoms with Crippen molar-refractivity contribution in [3.63, 3.8) is 0 Å². The van der Waals surface area contributed by atoms with E-state index in [0.717, 1.165) is 0 Å². The van der Waals surface area contributed by atoms with E-state index in [1.54, 1.807) is 12.1 Å². The molecule has 0 atom stereocenters. The smallest absolute Gasteiger partial charge is 0.273 e. The number of carbonyl (C=O) groups excluding carboxylic acids is 2. The molecule has 0 unspecified atom stereocenters. The van der Waals surface area contributed by atoms with Crippen molar-refractivity contribution < 1.29 is 23.8 Å². The summed E-state index contributed by atoms with van der Waals surface area (Å²) in [7, 11) is 4.46. The third-order valence-corrected chi connectivity index (χ3v) is 7.30. The van der Waals surface area contributed by atoms with Crippen molar-refractivity contribution in [1.29, 1.82) is 0 Å². The molecule has 3 heterocycles. The average Bonchev–Trinajstić information content (AvgIpc) is 3.34. The molecular weight excluding hydrogens is 512 g/mol. The first kappa shape index (κ1) is 27.2. The van der Waals surface area contributed by atoms with Crippen LogP contribution in [0.1, 0.15) is 26.7 Å². The molecule has 0 aliphatic carbocycles. The van der Waals surface area contributed by atoms with Crippen LogP contribution in [-0.4, -0.2) is 66.8 Å². The Hall–Kier alpha value is -3.87. The van der Waals surface area contributed by atoms with E-state index < -0.39 is 5.91 Å². The lowest BCUT2D eigenvalue weighted by atomic mass is 9.96. The Labute approximate surface area is 223 Å². The minimum absolute atomic E-state index is 0.0254. The lowest BCUT2D eigenvalue weighted by molar-refractivity contribution is -0.126. The summed E-state index contributed by atoms with van der Waals surface area (Å²) >= 11 is 1.25. The van der Waals surface area contributed by atoms with Gasteiger partial charge in [0.15, 0.2) is 22.3 Å². The predicted octanol–water partition coefficient (Wildman–Crippen LogP) is 2.26. The molecule has 1 fully saturated rings. The number of aromatic nitrogens is 3. The zero-order valence-corrected chi connectivity index (χ0v) is 22.9. The fraction of sp³-hybridized carbons (Fsp3) is 0.480. The molecule has 38 heavy (non-hydrogen) atoms. The average molecular weight is 545 g/mol. The second-order valence-corrected chi connectivity index (χ2v) is 10.2. The monoisotopic (exact) mass is 544 g/mol. The van der Waals surface area contributed by atoms with Gasteiger partial charge in [-0.1, -0.05) is 11.3 Å². The zero-order chi connectivity index (χ0) is 27.4. The van der Waals surface area contributed by atoms with Crippen LogP contribution in [0.5, 0.6) is 17.2 Å². The molecule has 1 saturated heterocycles. The molecule has 2 amide bonds. The Bertz CT molecular complexity index is 1350. The number of fused-ring (bicyclic) bond motifs is 1. The normalized spacial score (nSPS) is 14.0. The molecule has 0 saturated carbocycles. The molecule has 1 aliphatic heterocycles. The number of hydrogen-bond acceptors (Lipinski definition) is 10. The number of rotatable bonds is 9. The van der Waals surface area contributed by atoms with Gasteiger partial charge in [0.25, 0.3) is 5.56 Å². The topological polar surface area (TPSA) is 137 Å². The Morgan fingerprint density at radius 2 is 1.76 bits per heavy atom. The molecule has 4 rings (SSSR count). The van der Waals surface area contributed by atoms with E-state index in [1.165, 1.54) is 43.6 Å². The van der Waals surface area contributed by atoms with Gasteiger partial charge in [-0.15, -0.1) is 0 Å². The maximum atomic E-state index is 13.1. The Morgan fingerprint density at radius 1 is 1.11 bits per heavy atom. The Kier molecular flexibility index (Phi) is 8.35. The molecule has 2 aromatic heterocycles. The molecule has 2 N–H and O–H groups in total. The summed E-state index contributed by atoms with van der Waals surface area (Å²) in [6.45, 7) is 5.00.